The third kappa shape index (κ3) is 5.27. The second-order valence-electron chi connectivity index (χ2n) is 11.7. The van der Waals surface area contributed by atoms with Crippen molar-refractivity contribution < 1.29 is 54.5 Å². The number of nitrogens with two attached hydrogens (primary N) is 1. The molecule has 0 saturated carbocycles. The molecule has 5 unspecified atom stereocenters. The lowest BCUT2D eigenvalue weighted by Crippen LogP contribution is -2.60. The molecule has 16 nitrogen and oxygen atoms in total. The Morgan fingerprint density at radius 2 is 1.67 bits per heavy atom. The summed E-state index contributed by atoms with van der Waals surface area (Å²) in [6, 6.07) is 12.5. The van der Waals surface area contributed by atoms with Gasteiger partial charge >= 0.3 is 5.91 Å². The standard InChI is InChI=1S/C33H29N5O11/c34-33-36-30-22(31(47)37-33)35-12-38(30)19-4-2-1-3-14(19)8-15-9-18-21(24(42)17-7-13(10-39)5-6-16(17)23(18)41)26(44)29(15)49-32-28(46)27(45)25(43)20(11-40)48-32/h1-7,9,20,25,27-28,32,39-40,43-46H,8,10-12H2,(H2,34,37,47). The van der Waals surface area contributed by atoms with E-state index in [1.807, 2.05) is 0 Å². The number of hydrogen-bond acceptors (Lipinski definition) is 15. The minimum Gasteiger partial charge on any atom is -0.504 e. The van der Waals surface area contributed by atoms with Gasteiger partial charge in [0.25, 0.3) is 0 Å². The highest BCUT2D eigenvalue weighted by Crippen LogP contribution is 2.44. The Morgan fingerprint density at radius 3 is 2.43 bits per heavy atom. The highest BCUT2D eigenvalue weighted by molar-refractivity contribution is 6.72. The molecule has 7 rings (SSSR count). The average Bonchev–Trinajstić information content (AvgIpc) is 3.52. The molecule has 49 heavy (non-hydrogen) atoms. The highest BCUT2D eigenvalue weighted by atomic mass is 16.7. The molecule has 1 saturated heterocycles. The van der Waals surface area contributed by atoms with Crippen LogP contribution < -0.4 is 15.4 Å². The van der Waals surface area contributed by atoms with Crippen LogP contribution in [-0.4, -0.2) is 110 Å². The molecule has 0 spiro atoms. The number of carbonyl (C=O) groups excluding carboxylic acids is 3. The monoisotopic (exact) mass is 671 g/mol. The maximum absolute atomic E-state index is 13.8. The van der Waals surface area contributed by atoms with Gasteiger partial charge in [-0.15, -0.1) is 0 Å². The molecule has 3 heterocycles. The van der Waals surface area contributed by atoms with Gasteiger partial charge in [-0.3, -0.25) is 19.4 Å². The molecule has 0 aromatic heterocycles. The van der Waals surface area contributed by atoms with E-state index in [2.05, 4.69) is 15.0 Å². The number of anilines is 1. The second-order valence-corrected chi connectivity index (χ2v) is 11.7. The maximum Gasteiger partial charge on any atom is 0.302 e. The van der Waals surface area contributed by atoms with Crippen LogP contribution in [0.15, 0.2) is 63.5 Å². The van der Waals surface area contributed by atoms with E-state index in [-0.39, 0.29) is 58.6 Å². The molecule has 0 radical (unpaired) electrons. The molecule has 3 aromatic rings. The third-order valence-corrected chi connectivity index (χ3v) is 8.78. The molecule has 3 aliphatic heterocycles. The number of phenolic OH excluding ortho intramolecular Hbond substituents is 1. The van der Waals surface area contributed by atoms with Gasteiger partial charge in [0.2, 0.25) is 12.2 Å². The average molecular weight is 672 g/mol. The predicted octanol–water partition coefficient (Wildman–Crippen LogP) is -1.10. The largest absolute Gasteiger partial charge is 0.504 e. The number of amides is 1. The zero-order chi connectivity index (χ0) is 34.7. The number of ether oxygens (including phenoxy) is 2. The lowest BCUT2D eigenvalue weighted by Gasteiger charge is -2.40. The molecular weight excluding hydrogens is 642 g/mol. The topological polar surface area (TPSA) is 257 Å². The van der Waals surface area contributed by atoms with Crippen LogP contribution in [-0.2, 0) is 22.6 Å². The zero-order valence-corrected chi connectivity index (χ0v) is 25.4. The minimum atomic E-state index is -1.87. The first kappa shape index (κ1) is 32.2. The van der Waals surface area contributed by atoms with Gasteiger partial charge in [-0.2, -0.15) is 9.98 Å². The van der Waals surface area contributed by atoms with Crippen molar-refractivity contribution in [2.45, 2.75) is 43.7 Å². The summed E-state index contributed by atoms with van der Waals surface area (Å²) in [4.78, 5) is 53.8. The fourth-order valence-corrected chi connectivity index (χ4v) is 6.31. The van der Waals surface area contributed by atoms with Crippen molar-refractivity contribution >= 4 is 40.7 Å². The number of aliphatic hydroxyl groups excluding tert-OH is 5. The summed E-state index contributed by atoms with van der Waals surface area (Å²) in [7, 11) is 0. The molecule has 4 aliphatic rings. The van der Waals surface area contributed by atoms with E-state index < -0.39 is 72.7 Å². The molecule has 1 aliphatic carbocycles. The fourth-order valence-electron chi connectivity index (χ4n) is 6.31. The summed E-state index contributed by atoms with van der Waals surface area (Å²) in [6.45, 7) is -1.15. The molecular formula is C33H29N5O11. The smallest absolute Gasteiger partial charge is 0.302 e. The van der Waals surface area contributed by atoms with Gasteiger partial charge in [-0.1, -0.05) is 24.3 Å². The summed E-state index contributed by atoms with van der Waals surface area (Å²) >= 11 is 0. The van der Waals surface area contributed by atoms with Crippen LogP contribution in [0.4, 0.5) is 5.69 Å². The molecule has 0 bridgehead atoms. The number of rotatable bonds is 7. The first-order chi connectivity index (χ1) is 23.5. The Kier molecular flexibility index (Phi) is 8.06. The van der Waals surface area contributed by atoms with Crippen molar-refractivity contribution in [2.24, 2.45) is 20.7 Å². The van der Waals surface area contributed by atoms with Crippen molar-refractivity contribution in [3.63, 3.8) is 0 Å². The number of aliphatic hydroxyl groups is 5. The Hall–Kier alpha value is -5.36. The lowest BCUT2D eigenvalue weighted by molar-refractivity contribution is -0.277. The van der Waals surface area contributed by atoms with Gasteiger partial charge in [0.15, 0.2) is 34.6 Å². The summed E-state index contributed by atoms with van der Waals surface area (Å²) in [5.74, 6) is -3.18. The van der Waals surface area contributed by atoms with Crippen LogP contribution in [0.5, 0.6) is 11.5 Å². The predicted molar refractivity (Wildman–Crippen MR) is 170 cm³/mol. The summed E-state index contributed by atoms with van der Waals surface area (Å²) in [5.41, 5.74) is 6.82. The van der Waals surface area contributed by atoms with Crippen LogP contribution in [0.1, 0.15) is 48.5 Å². The molecule has 8 N–H and O–H groups in total. The van der Waals surface area contributed by atoms with Gasteiger partial charge < -0.3 is 50.7 Å². The van der Waals surface area contributed by atoms with E-state index in [9.17, 15) is 45.0 Å². The Morgan fingerprint density at radius 1 is 0.898 bits per heavy atom. The van der Waals surface area contributed by atoms with E-state index in [4.69, 9.17) is 15.2 Å². The third-order valence-electron chi connectivity index (χ3n) is 8.78. The van der Waals surface area contributed by atoms with Gasteiger partial charge in [0.05, 0.1) is 18.8 Å². The molecule has 3 aromatic carbocycles. The van der Waals surface area contributed by atoms with E-state index in [1.54, 1.807) is 29.2 Å². The highest BCUT2D eigenvalue weighted by Gasteiger charge is 2.46. The normalized spacial score (nSPS) is 24.5. The SMILES string of the molecule is NC1=NC(=O)C2=NCN(c3ccccc3Cc3cc4c(c(O)c3OC3OC(CO)C(O)C(O)C3O)C(=O)c3cc(CO)ccc3C4=O)C2=N1. The zero-order valence-electron chi connectivity index (χ0n) is 25.4. The molecule has 1 amide bonds. The Balaban J connectivity index is 1.35. The quantitative estimate of drug-likeness (QED) is 0.123. The van der Waals surface area contributed by atoms with Crippen LogP contribution in [0.3, 0.4) is 0 Å². The van der Waals surface area contributed by atoms with E-state index in [1.165, 1.54) is 24.3 Å². The number of aliphatic imine (C=N–C) groups is 3. The number of aromatic hydroxyl groups is 1. The molecule has 5 atom stereocenters. The number of amidine groups is 1. The molecule has 252 valence electrons. The summed E-state index contributed by atoms with van der Waals surface area (Å²) in [5, 5.41) is 62.6. The summed E-state index contributed by atoms with van der Waals surface area (Å²) in [6.07, 6.45) is -8.56. The Labute approximate surface area is 276 Å². The number of phenols is 1. The number of fused-ring (bicyclic) bond motifs is 3. The Bertz CT molecular complexity index is 2020. The lowest BCUT2D eigenvalue weighted by atomic mass is 9.81. The van der Waals surface area contributed by atoms with Crippen LogP contribution in [0.2, 0.25) is 0 Å². The first-order valence-electron chi connectivity index (χ1n) is 15.1. The first-order valence-corrected chi connectivity index (χ1v) is 15.1. The van der Waals surface area contributed by atoms with Gasteiger partial charge in [0, 0.05) is 34.4 Å². The number of guanidine groups is 1. The molecule has 16 heteroatoms. The number of nitrogens with zero attached hydrogens (tertiary/aromatic N) is 4. The van der Waals surface area contributed by atoms with Crippen molar-refractivity contribution in [3.05, 3.63) is 87.5 Å². The van der Waals surface area contributed by atoms with Crippen molar-refractivity contribution in [1.82, 2.24) is 0 Å². The van der Waals surface area contributed by atoms with Gasteiger partial charge in [-0.05, 0) is 35.4 Å². The summed E-state index contributed by atoms with van der Waals surface area (Å²) < 4.78 is 11.5. The molecule has 1 fully saturated rings. The maximum atomic E-state index is 13.8. The number of ketones is 2. The van der Waals surface area contributed by atoms with Crippen LogP contribution in [0.25, 0.3) is 0 Å². The van der Waals surface area contributed by atoms with E-state index >= 15 is 0 Å². The van der Waals surface area contributed by atoms with Crippen molar-refractivity contribution in [2.75, 3.05) is 18.2 Å². The van der Waals surface area contributed by atoms with Crippen molar-refractivity contribution in [3.8, 4) is 11.5 Å². The van der Waals surface area contributed by atoms with E-state index in [0.717, 1.165) is 0 Å². The number of carbonyl (C=O) groups is 3. The minimum absolute atomic E-state index is 0.00296. The number of benzene rings is 3. The van der Waals surface area contributed by atoms with Crippen LogP contribution >= 0.6 is 0 Å². The second kappa shape index (κ2) is 12.3. The number of hydrogen-bond donors (Lipinski definition) is 7. The van der Waals surface area contributed by atoms with Crippen molar-refractivity contribution in [1.29, 1.82) is 0 Å². The van der Waals surface area contributed by atoms with Gasteiger partial charge in [-0.25, -0.2) is 0 Å². The van der Waals surface area contributed by atoms with Crippen LogP contribution in [0, 0.1) is 0 Å². The number of para-hydroxylation sites is 1. The van der Waals surface area contributed by atoms with Gasteiger partial charge in [0.1, 0.15) is 31.1 Å². The fraction of sp³-hybridized carbons (Fsp3) is 0.273. The van der Waals surface area contributed by atoms with E-state index in [0.29, 0.717) is 16.8 Å².